The van der Waals surface area contributed by atoms with Crippen LogP contribution in [0.1, 0.15) is 17.9 Å². The number of aliphatic hydroxyl groups is 1. The summed E-state index contributed by atoms with van der Waals surface area (Å²) >= 11 is 0. The first-order valence-electron chi connectivity index (χ1n) is 8.01. The molecule has 1 heterocycles. The molecule has 1 saturated heterocycles. The number of benzene rings is 2. The zero-order valence-electron chi connectivity index (χ0n) is 13.3. The van der Waals surface area contributed by atoms with Gasteiger partial charge < -0.3 is 15.2 Å². The Labute approximate surface area is 142 Å². The molecule has 2 aromatic rings. The van der Waals surface area contributed by atoms with E-state index in [0.29, 0.717) is 11.7 Å². The lowest BCUT2D eigenvalue weighted by molar-refractivity contribution is 0.199. The van der Waals surface area contributed by atoms with Gasteiger partial charge >= 0.3 is 0 Å². The molecule has 2 aromatic carbocycles. The fourth-order valence-electron chi connectivity index (χ4n) is 2.96. The highest BCUT2D eigenvalue weighted by atomic mass is 32.2. The molecule has 128 valence electrons. The number of sulfone groups is 1. The van der Waals surface area contributed by atoms with E-state index < -0.39 is 9.84 Å². The predicted molar refractivity (Wildman–Crippen MR) is 91.1 cm³/mol. The van der Waals surface area contributed by atoms with Gasteiger partial charge in [-0.15, -0.1) is 0 Å². The summed E-state index contributed by atoms with van der Waals surface area (Å²) < 4.78 is 31.2. The summed E-state index contributed by atoms with van der Waals surface area (Å²) in [7, 11) is -3.58. The zero-order chi connectivity index (χ0) is 17.0. The van der Waals surface area contributed by atoms with Crippen LogP contribution in [0.15, 0.2) is 58.3 Å². The highest BCUT2D eigenvalue weighted by Crippen LogP contribution is 2.34. The van der Waals surface area contributed by atoms with Crippen molar-refractivity contribution in [1.82, 2.24) is 5.32 Å². The van der Waals surface area contributed by atoms with Gasteiger partial charge in [-0.25, -0.2) is 8.42 Å². The lowest BCUT2D eigenvalue weighted by Gasteiger charge is -2.17. The van der Waals surface area contributed by atoms with Crippen LogP contribution < -0.4 is 10.1 Å². The lowest BCUT2D eigenvalue weighted by atomic mass is 9.97. The lowest BCUT2D eigenvalue weighted by Crippen LogP contribution is -2.11. The fourth-order valence-corrected chi connectivity index (χ4v) is 4.25. The number of ether oxygens (including phenoxy) is 1. The molecule has 3 rings (SSSR count). The number of rotatable bonds is 6. The summed E-state index contributed by atoms with van der Waals surface area (Å²) in [4.78, 5) is 0.463. The Morgan fingerprint density at radius 1 is 1.12 bits per heavy atom. The largest absolute Gasteiger partial charge is 0.491 e. The summed E-state index contributed by atoms with van der Waals surface area (Å²) in [6.07, 6.45) is 0.986. The normalized spacial score (nSPS) is 17.8. The second-order valence-corrected chi connectivity index (χ2v) is 7.73. The van der Waals surface area contributed by atoms with E-state index in [4.69, 9.17) is 9.84 Å². The molecule has 0 saturated carbocycles. The SMILES string of the molecule is O=S(=O)(c1ccccc1)c1ccc([C@@H]2CCNC2)c(OCCO)c1. The van der Waals surface area contributed by atoms with E-state index in [0.717, 1.165) is 25.1 Å². The van der Waals surface area contributed by atoms with E-state index >= 15 is 0 Å². The maximum Gasteiger partial charge on any atom is 0.206 e. The van der Waals surface area contributed by atoms with Crippen LogP contribution in [-0.2, 0) is 9.84 Å². The summed E-state index contributed by atoms with van der Waals surface area (Å²) in [6.45, 7) is 1.81. The molecule has 0 bridgehead atoms. The van der Waals surface area contributed by atoms with E-state index in [-0.39, 0.29) is 23.0 Å². The Morgan fingerprint density at radius 2 is 1.92 bits per heavy atom. The van der Waals surface area contributed by atoms with Crippen LogP contribution >= 0.6 is 0 Å². The van der Waals surface area contributed by atoms with Crippen LogP contribution in [0.5, 0.6) is 5.75 Å². The van der Waals surface area contributed by atoms with Crippen molar-refractivity contribution in [2.75, 3.05) is 26.3 Å². The molecule has 1 atom stereocenters. The molecule has 0 aliphatic carbocycles. The molecule has 0 amide bonds. The predicted octanol–water partition coefficient (Wildman–Crippen LogP) is 1.97. The molecule has 5 nitrogen and oxygen atoms in total. The average Bonchev–Trinajstić information content (AvgIpc) is 3.15. The van der Waals surface area contributed by atoms with E-state index in [1.54, 1.807) is 42.5 Å². The molecule has 0 radical (unpaired) electrons. The molecule has 1 aliphatic heterocycles. The van der Waals surface area contributed by atoms with E-state index in [1.807, 2.05) is 6.07 Å². The highest BCUT2D eigenvalue weighted by Gasteiger charge is 2.24. The molecule has 6 heteroatoms. The van der Waals surface area contributed by atoms with Gasteiger partial charge in [-0.05, 0) is 42.8 Å². The first-order chi connectivity index (χ1) is 11.6. The van der Waals surface area contributed by atoms with Crippen LogP contribution in [-0.4, -0.2) is 39.8 Å². The Hall–Kier alpha value is -1.89. The molecule has 1 aliphatic rings. The third-order valence-corrected chi connectivity index (χ3v) is 5.97. The third-order valence-electron chi connectivity index (χ3n) is 4.20. The zero-order valence-corrected chi connectivity index (χ0v) is 14.1. The molecule has 0 unspecified atom stereocenters. The fraction of sp³-hybridized carbons (Fsp3) is 0.333. The Bertz CT molecular complexity index is 784. The highest BCUT2D eigenvalue weighted by molar-refractivity contribution is 7.91. The van der Waals surface area contributed by atoms with Crippen LogP contribution in [0.4, 0.5) is 0 Å². The second kappa shape index (κ2) is 7.34. The second-order valence-electron chi connectivity index (χ2n) is 5.78. The molecular weight excluding hydrogens is 326 g/mol. The first kappa shape index (κ1) is 17.0. The minimum Gasteiger partial charge on any atom is -0.491 e. The number of hydrogen-bond acceptors (Lipinski definition) is 5. The molecule has 1 fully saturated rings. The summed E-state index contributed by atoms with van der Waals surface area (Å²) in [5.41, 5.74) is 0.987. The van der Waals surface area contributed by atoms with Crippen molar-refractivity contribution < 1.29 is 18.3 Å². The van der Waals surface area contributed by atoms with Gasteiger partial charge in [0.2, 0.25) is 9.84 Å². The van der Waals surface area contributed by atoms with Gasteiger partial charge in [0, 0.05) is 12.5 Å². The molecular formula is C18H21NO4S. The van der Waals surface area contributed by atoms with Crippen molar-refractivity contribution in [3.63, 3.8) is 0 Å². The minimum atomic E-state index is -3.58. The maximum atomic E-state index is 12.8. The van der Waals surface area contributed by atoms with Crippen LogP contribution in [0.3, 0.4) is 0 Å². The van der Waals surface area contributed by atoms with E-state index in [9.17, 15) is 8.42 Å². The van der Waals surface area contributed by atoms with Crippen molar-refractivity contribution in [3.05, 3.63) is 54.1 Å². The summed E-state index contributed by atoms with van der Waals surface area (Å²) in [6, 6.07) is 13.4. The molecule has 0 spiro atoms. The van der Waals surface area contributed by atoms with Gasteiger partial charge in [0.25, 0.3) is 0 Å². The Balaban J connectivity index is 2.00. The van der Waals surface area contributed by atoms with Gasteiger partial charge in [-0.2, -0.15) is 0 Å². The van der Waals surface area contributed by atoms with Gasteiger partial charge in [-0.1, -0.05) is 24.3 Å². The van der Waals surface area contributed by atoms with Gasteiger partial charge in [-0.3, -0.25) is 0 Å². The van der Waals surface area contributed by atoms with Gasteiger partial charge in [0.05, 0.1) is 16.4 Å². The van der Waals surface area contributed by atoms with Crippen LogP contribution in [0.25, 0.3) is 0 Å². The molecule has 0 aromatic heterocycles. The smallest absolute Gasteiger partial charge is 0.206 e. The van der Waals surface area contributed by atoms with Crippen molar-refractivity contribution in [3.8, 4) is 5.75 Å². The van der Waals surface area contributed by atoms with E-state index in [2.05, 4.69) is 5.32 Å². The quantitative estimate of drug-likeness (QED) is 0.836. The van der Waals surface area contributed by atoms with Crippen molar-refractivity contribution >= 4 is 9.84 Å². The number of nitrogens with one attached hydrogen (secondary N) is 1. The average molecular weight is 347 g/mol. The van der Waals surface area contributed by atoms with Crippen LogP contribution in [0.2, 0.25) is 0 Å². The summed E-state index contributed by atoms with van der Waals surface area (Å²) in [5, 5.41) is 12.3. The van der Waals surface area contributed by atoms with Crippen molar-refractivity contribution in [2.24, 2.45) is 0 Å². The van der Waals surface area contributed by atoms with Gasteiger partial charge in [0.1, 0.15) is 12.4 Å². The monoisotopic (exact) mass is 347 g/mol. The van der Waals surface area contributed by atoms with Crippen molar-refractivity contribution in [2.45, 2.75) is 22.1 Å². The standard InChI is InChI=1S/C18H21NO4S/c20-10-11-23-18-12-16(6-7-17(18)14-8-9-19-13-14)24(21,22)15-4-2-1-3-5-15/h1-7,12,14,19-20H,8-11,13H2/t14-/m1/s1. The van der Waals surface area contributed by atoms with Crippen LogP contribution in [0, 0.1) is 0 Å². The first-order valence-corrected chi connectivity index (χ1v) is 9.49. The Kier molecular flexibility index (Phi) is 5.18. The third kappa shape index (κ3) is 3.45. The molecule has 24 heavy (non-hydrogen) atoms. The van der Waals surface area contributed by atoms with Crippen molar-refractivity contribution in [1.29, 1.82) is 0 Å². The summed E-state index contributed by atoms with van der Waals surface area (Å²) in [5.74, 6) is 0.835. The van der Waals surface area contributed by atoms with E-state index in [1.165, 1.54) is 0 Å². The number of hydrogen-bond donors (Lipinski definition) is 2. The topological polar surface area (TPSA) is 75.6 Å². The Morgan fingerprint density at radius 3 is 2.58 bits per heavy atom. The van der Waals surface area contributed by atoms with Gasteiger partial charge in [0.15, 0.2) is 0 Å². The molecule has 2 N–H and O–H groups in total. The number of aliphatic hydroxyl groups excluding tert-OH is 1. The maximum absolute atomic E-state index is 12.8. The minimum absolute atomic E-state index is 0.113.